The zero-order valence-electron chi connectivity index (χ0n) is 22.0. The van der Waals surface area contributed by atoms with Gasteiger partial charge in [-0.1, -0.05) is 6.92 Å². The first-order chi connectivity index (χ1) is 18.7. The highest BCUT2D eigenvalue weighted by atomic mass is 32.2. The van der Waals surface area contributed by atoms with Crippen LogP contribution in [0.2, 0.25) is 0 Å². The van der Waals surface area contributed by atoms with Gasteiger partial charge >= 0.3 is 0 Å². The van der Waals surface area contributed by atoms with Crippen molar-refractivity contribution in [3.05, 3.63) is 29.6 Å². The summed E-state index contributed by atoms with van der Waals surface area (Å²) in [5, 5.41) is 6.58. The number of benzene rings is 1. The monoisotopic (exact) mass is 559 g/mol. The second-order valence-electron chi connectivity index (χ2n) is 9.69. The lowest BCUT2D eigenvalue weighted by Crippen LogP contribution is -2.61. The van der Waals surface area contributed by atoms with Crippen LogP contribution < -0.4 is 26.0 Å². The highest BCUT2D eigenvalue weighted by Crippen LogP contribution is 2.39. The van der Waals surface area contributed by atoms with Crippen molar-refractivity contribution in [1.29, 1.82) is 0 Å². The van der Waals surface area contributed by atoms with E-state index >= 15 is 0 Å². The standard InChI is InChI=1S/C25H33N7O6S/c1-3-18-24(27-15-7-9-37-10-8-15)30-25(22(29-18)23(26)34)28-16-5-6-19-20(11-16)38-14-17-12-31(39(35,36)4-2)13-21(33)32(17)19/h5-6,11,15,17H,3-4,7-10,12-14H2,1-2H3,(H2,26,34)(H2,27,28,30). The molecule has 14 heteroatoms. The molecule has 0 aliphatic carbocycles. The zero-order valence-corrected chi connectivity index (χ0v) is 22.8. The average molecular weight is 560 g/mol. The number of carbonyl (C=O) groups is 2. The van der Waals surface area contributed by atoms with Gasteiger partial charge in [0, 0.05) is 37.6 Å². The fourth-order valence-corrected chi connectivity index (χ4v) is 6.09. The molecule has 0 radical (unpaired) electrons. The molecule has 3 aliphatic rings. The van der Waals surface area contributed by atoms with Crippen molar-refractivity contribution in [1.82, 2.24) is 14.3 Å². The summed E-state index contributed by atoms with van der Waals surface area (Å²) >= 11 is 0. The van der Waals surface area contributed by atoms with Crippen LogP contribution in [-0.2, 0) is 26.0 Å². The average Bonchev–Trinajstić information content (AvgIpc) is 2.93. The first kappa shape index (κ1) is 27.1. The number of carbonyl (C=O) groups excluding carboxylic acids is 2. The summed E-state index contributed by atoms with van der Waals surface area (Å²) in [6.45, 7) is 4.93. The number of sulfonamides is 1. The number of ether oxygens (including phenoxy) is 2. The SMILES string of the molecule is CCc1nc(C(N)=O)c(Nc2ccc3c(c2)OCC2CN(S(=O)(=O)CC)CC(=O)N32)nc1NC1CCOCC1. The van der Waals surface area contributed by atoms with Crippen molar-refractivity contribution in [3.8, 4) is 5.75 Å². The Morgan fingerprint density at radius 1 is 1.18 bits per heavy atom. The lowest BCUT2D eigenvalue weighted by molar-refractivity contribution is -0.121. The summed E-state index contributed by atoms with van der Waals surface area (Å²) in [5.41, 5.74) is 7.42. The van der Waals surface area contributed by atoms with Gasteiger partial charge in [-0.3, -0.25) is 14.5 Å². The third-order valence-electron chi connectivity index (χ3n) is 7.13. The van der Waals surface area contributed by atoms with Gasteiger partial charge < -0.3 is 25.8 Å². The van der Waals surface area contributed by atoms with E-state index in [-0.39, 0.29) is 48.9 Å². The van der Waals surface area contributed by atoms with Crippen LogP contribution in [0.15, 0.2) is 18.2 Å². The number of aromatic nitrogens is 2. The molecule has 0 saturated carbocycles. The molecule has 1 aromatic heterocycles. The predicted octanol–water partition coefficient (Wildman–Crippen LogP) is 1.23. The van der Waals surface area contributed by atoms with Gasteiger partial charge in [0.25, 0.3) is 5.91 Å². The first-order valence-electron chi connectivity index (χ1n) is 13.1. The highest BCUT2D eigenvalue weighted by molar-refractivity contribution is 7.89. The minimum absolute atomic E-state index is 0.0199. The number of anilines is 4. The van der Waals surface area contributed by atoms with Crippen LogP contribution in [0.1, 0.15) is 42.9 Å². The third-order valence-corrected chi connectivity index (χ3v) is 8.92. The van der Waals surface area contributed by atoms with E-state index in [1.807, 2.05) is 6.92 Å². The normalized spacial score (nSPS) is 20.1. The molecule has 3 aliphatic heterocycles. The number of amides is 2. The van der Waals surface area contributed by atoms with E-state index in [1.165, 1.54) is 4.31 Å². The van der Waals surface area contributed by atoms with Crippen molar-refractivity contribution < 1.29 is 27.5 Å². The summed E-state index contributed by atoms with van der Waals surface area (Å²) in [5.74, 6) is 0.156. The number of fused-ring (bicyclic) bond motifs is 3. The van der Waals surface area contributed by atoms with Crippen molar-refractivity contribution in [2.75, 3.05) is 54.2 Å². The van der Waals surface area contributed by atoms with Crippen molar-refractivity contribution in [2.24, 2.45) is 5.73 Å². The molecule has 4 heterocycles. The highest BCUT2D eigenvalue weighted by Gasteiger charge is 2.41. The molecule has 0 bridgehead atoms. The number of nitrogens with one attached hydrogen (secondary N) is 2. The largest absolute Gasteiger partial charge is 0.489 e. The second kappa shape index (κ2) is 10.9. The van der Waals surface area contributed by atoms with Gasteiger partial charge in [-0.05, 0) is 38.3 Å². The number of primary amides is 1. The molecule has 2 saturated heterocycles. The van der Waals surface area contributed by atoms with Crippen LogP contribution in [0, 0.1) is 0 Å². The van der Waals surface area contributed by atoms with E-state index in [4.69, 9.17) is 15.2 Å². The van der Waals surface area contributed by atoms with Crippen LogP contribution in [-0.4, -0.2) is 85.3 Å². The molecule has 2 amide bonds. The van der Waals surface area contributed by atoms with Crippen LogP contribution in [0.4, 0.5) is 23.0 Å². The molecule has 1 unspecified atom stereocenters. The Balaban J connectivity index is 1.41. The number of piperazine rings is 1. The number of nitrogens with zero attached hydrogens (tertiary/aromatic N) is 4. The summed E-state index contributed by atoms with van der Waals surface area (Å²) in [4.78, 5) is 36.0. The van der Waals surface area contributed by atoms with Crippen molar-refractivity contribution in [3.63, 3.8) is 0 Å². The molecule has 1 atom stereocenters. The van der Waals surface area contributed by atoms with Gasteiger partial charge in [-0.2, -0.15) is 4.31 Å². The number of hydrogen-bond acceptors (Lipinski definition) is 10. The molecule has 5 rings (SSSR count). The van der Waals surface area contributed by atoms with Gasteiger partial charge in [-0.15, -0.1) is 0 Å². The third kappa shape index (κ3) is 5.49. The molecular weight excluding hydrogens is 526 g/mol. The first-order valence-corrected chi connectivity index (χ1v) is 14.7. The number of hydrogen-bond donors (Lipinski definition) is 3. The summed E-state index contributed by atoms with van der Waals surface area (Å²) in [6.07, 6.45) is 2.24. The van der Waals surface area contributed by atoms with E-state index < -0.39 is 22.0 Å². The molecular formula is C25H33N7O6S. The van der Waals surface area contributed by atoms with Gasteiger partial charge in [0.2, 0.25) is 15.9 Å². The Morgan fingerprint density at radius 2 is 1.95 bits per heavy atom. The van der Waals surface area contributed by atoms with Gasteiger partial charge in [0.05, 0.1) is 29.7 Å². The molecule has 2 aromatic rings. The molecule has 210 valence electrons. The van der Waals surface area contributed by atoms with Crippen LogP contribution >= 0.6 is 0 Å². The zero-order chi connectivity index (χ0) is 27.7. The lowest BCUT2D eigenvalue weighted by atomic mass is 10.1. The number of rotatable bonds is 8. The fraction of sp³-hybridized carbons (Fsp3) is 0.520. The van der Waals surface area contributed by atoms with Crippen LogP contribution in [0.5, 0.6) is 5.75 Å². The van der Waals surface area contributed by atoms with E-state index in [2.05, 4.69) is 20.6 Å². The van der Waals surface area contributed by atoms with Gasteiger partial charge in [0.15, 0.2) is 17.3 Å². The Hall–Kier alpha value is -3.49. The Labute approximate surface area is 227 Å². The quantitative estimate of drug-likeness (QED) is 0.428. The molecule has 4 N–H and O–H groups in total. The van der Waals surface area contributed by atoms with E-state index in [9.17, 15) is 18.0 Å². The smallest absolute Gasteiger partial charge is 0.271 e. The minimum atomic E-state index is -3.49. The summed E-state index contributed by atoms with van der Waals surface area (Å²) < 4.78 is 37.3. The molecule has 1 aromatic carbocycles. The van der Waals surface area contributed by atoms with Gasteiger partial charge in [-0.25, -0.2) is 18.4 Å². The van der Waals surface area contributed by atoms with E-state index in [0.717, 1.165) is 12.8 Å². The molecule has 39 heavy (non-hydrogen) atoms. The maximum atomic E-state index is 13.0. The Kier molecular flexibility index (Phi) is 7.60. The Bertz CT molecular complexity index is 1380. The predicted molar refractivity (Wildman–Crippen MR) is 145 cm³/mol. The maximum absolute atomic E-state index is 13.0. The molecule has 2 fully saturated rings. The topological polar surface area (TPSA) is 169 Å². The Morgan fingerprint density at radius 3 is 2.64 bits per heavy atom. The van der Waals surface area contributed by atoms with E-state index in [0.29, 0.717) is 48.3 Å². The number of aryl methyl sites for hydroxylation is 1. The number of nitrogens with two attached hydrogens (primary N) is 1. The van der Waals surface area contributed by atoms with Crippen LogP contribution in [0.3, 0.4) is 0 Å². The van der Waals surface area contributed by atoms with Crippen molar-refractivity contribution in [2.45, 2.75) is 45.2 Å². The lowest BCUT2D eigenvalue weighted by Gasteiger charge is -2.43. The van der Waals surface area contributed by atoms with Crippen molar-refractivity contribution >= 4 is 44.8 Å². The van der Waals surface area contributed by atoms with E-state index in [1.54, 1.807) is 30.0 Å². The molecule has 0 spiro atoms. The molecule has 13 nitrogen and oxygen atoms in total. The maximum Gasteiger partial charge on any atom is 0.271 e. The van der Waals surface area contributed by atoms with Crippen LogP contribution in [0.25, 0.3) is 0 Å². The summed E-state index contributed by atoms with van der Waals surface area (Å²) in [6, 6.07) is 4.93. The fourth-order valence-electron chi connectivity index (χ4n) is 5.02. The summed E-state index contributed by atoms with van der Waals surface area (Å²) in [7, 11) is -3.49. The minimum Gasteiger partial charge on any atom is -0.489 e. The van der Waals surface area contributed by atoms with Gasteiger partial charge in [0.1, 0.15) is 12.4 Å². The second-order valence-corrected chi connectivity index (χ2v) is 12.0.